The van der Waals surface area contributed by atoms with Crippen molar-refractivity contribution in [2.45, 2.75) is 6.92 Å². The zero-order valence-electron chi connectivity index (χ0n) is 6.50. The fraction of sp³-hybridized carbons (Fsp3) is 0.429. The van der Waals surface area contributed by atoms with Gasteiger partial charge in [0.1, 0.15) is 0 Å². The van der Waals surface area contributed by atoms with E-state index in [1.54, 1.807) is 11.7 Å². The van der Waals surface area contributed by atoms with Crippen LogP contribution in [0.25, 0.3) is 0 Å². The Hall–Kier alpha value is -1.12. The van der Waals surface area contributed by atoms with Crippen LogP contribution in [-0.2, 0) is 7.05 Å². The summed E-state index contributed by atoms with van der Waals surface area (Å²) in [5.74, 6) is 0. The number of hydrogen-bond acceptors (Lipinski definition) is 2. The molecule has 1 aromatic heterocycles. The van der Waals surface area contributed by atoms with E-state index in [0.717, 1.165) is 11.3 Å². The molecule has 0 atom stereocenters. The lowest BCUT2D eigenvalue weighted by Gasteiger charge is -1.89. The van der Waals surface area contributed by atoms with Crippen LogP contribution in [0.2, 0.25) is 0 Å². The van der Waals surface area contributed by atoms with Gasteiger partial charge >= 0.3 is 0 Å². The summed E-state index contributed by atoms with van der Waals surface area (Å²) in [6, 6.07) is 0. The monoisotopic (exact) mass is 137 g/mol. The maximum Gasteiger partial charge on any atom is 0.0580 e. The summed E-state index contributed by atoms with van der Waals surface area (Å²) in [6.45, 7) is 1.97. The van der Waals surface area contributed by atoms with Crippen LogP contribution in [0.1, 0.15) is 12.5 Å². The molecule has 0 aliphatic rings. The van der Waals surface area contributed by atoms with Crippen LogP contribution in [0, 0.1) is 0 Å². The molecule has 0 saturated carbocycles. The minimum atomic E-state index is 1.02. The number of aromatic nitrogens is 2. The molecule has 0 N–H and O–H groups in total. The van der Waals surface area contributed by atoms with E-state index in [-0.39, 0.29) is 0 Å². The molecule has 0 bridgehead atoms. The van der Waals surface area contributed by atoms with Crippen LogP contribution in [0.4, 0.5) is 0 Å². The van der Waals surface area contributed by atoms with E-state index in [1.807, 2.05) is 26.4 Å². The average Bonchev–Trinajstić information content (AvgIpc) is 2.34. The number of rotatable bonds is 1. The first kappa shape index (κ1) is 6.99. The molecule has 0 aromatic carbocycles. The van der Waals surface area contributed by atoms with E-state index in [1.165, 1.54) is 0 Å². The van der Waals surface area contributed by atoms with E-state index in [4.69, 9.17) is 0 Å². The normalized spacial score (nSPS) is 12.1. The van der Waals surface area contributed by atoms with E-state index in [2.05, 4.69) is 10.1 Å². The molecule has 3 heteroatoms. The third kappa shape index (κ3) is 1.23. The summed E-state index contributed by atoms with van der Waals surface area (Å²) >= 11 is 0. The number of aliphatic imine (C=N–C) groups is 1. The predicted octanol–water partition coefficient (Wildman–Crippen LogP) is 0.859. The molecule has 1 heterocycles. The molecular formula is C7H11N3. The molecule has 3 nitrogen and oxygen atoms in total. The molecule has 1 aromatic rings. The van der Waals surface area contributed by atoms with E-state index in [0.29, 0.717) is 0 Å². The van der Waals surface area contributed by atoms with Gasteiger partial charge in [-0.15, -0.1) is 0 Å². The highest BCUT2D eigenvalue weighted by Gasteiger charge is 1.96. The van der Waals surface area contributed by atoms with Gasteiger partial charge in [0.25, 0.3) is 0 Å². The van der Waals surface area contributed by atoms with Crippen LogP contribution in [0.5, 0.6) is 0 Å². The number of aryl methyl sites for hydroxylation is 1. The maximum absolute atomic E-state index is 4.04. The van der Waals surface area contributed by atoms with Crippen LogP contribution in [-0.4, -0.2) is 22.5 Å². The van der Waals surface area contributed by atoms with Gasteiger partial charge in [0.2, 0.25) is 0 Å². The Morgan fingerprint density at radius 2 is 2.40 bits per heavy atom. The zero-order chi connectivity index (χ0) is 7.56. The molecule has 10 heavy (non-hydrogen) atoms. The molecule has 0 unspecified atom stereocenters. The molecule has 0 radical (unpaired) electrons. The predicted molar refractivity (Wildman–Crippen MR) is 41.3 cm³/mol. The summed E-state index contributed by atoms with van der Waals surface area (Å²) < 4.78 is 1.77. The highest BCUT2D eigenvalue weighted by molar-refractivity contribution is 5.98. The number of nitrogens with zero attached hydrogens (tertiary/aromatic N) is 3. The van der Waals surface area contributed by atoms with E-state index >= 15 is 0 Å². The third-order valence-corrected chi connectivity index (χ3v) is 1.46. The van der Waals surface area contributed by atoms with Crippen molar-refractivity contribution in [3.8, 4) is 0 Å². The molecule has 0 amide bonds. The number of hydrogen-bond donors (Lipinski definition) is 0. The van der Waals surface area contributed by atoms with Gasteiger partial charge in [0.15, 0.2) is 0 Å². The molecule has 0 aliphatic carbocycles. The first-order valence-electron chi connectivity index (χ1n) is 3.16. The maximum atomic E-state index is 4.04. The molecule has 0 spiro atoms. The highest BCUT2D eigenvalue weighted by atomic mass is 15.2. The lowest BCUT2D eigenvalue weighted by molar-refractivity contribution is 0.767. The average molecular weight is 137 g/mol. The molecule has 54 valence electrons. The Kier molecular flexibility index (Phi) is 1.85. The van der Waals surface area contributed by atoms with Gasteiger partial charge in [-0.05, 0) is 6.92 Å². The summed E-state index contributed by atoms with van der Waals surface area (Å²) in [6.07, 6.45) is 3.75. The summed E-state index contributed by atoms with van der Waals surface area (Å²) in [4.78, 5) is 4.04. The van der Waals surface area contributed by atoms with Crippen molar-refractivity contribution in [3.63, 3.8) is 0 Å². The fourth-order valence-electron chi connectivity index (χ4n) is 0.737. The van der Waals surface area contributed by atoms with Crippen molar-refractivity contribution in [1.29, 1.82) is 0 Å². The van der Waals surface area contributed by atoms with E-state index < -0.39 is 0 Å². The Labute approximate surface area is 60.4 Å². The van der Waals surface area contributed by atoms with Gasteiger partial charge in [-0.3, -0.25) is 9.67 Å². The smallest absolute Gasteiger partial charge is 0.0580 e. The quantitative estimate of drug-likeness (QED) is 0.528. The second kappa shape index (κ2) is 2.64. The minimum Gasteiger partial charge on any atom is -0.293 e. The van der Waals surface area contributed by atoms with Crippen LogP contribution < -0.4 is 0 Å². The molecule has 1 rings (SSSR count). The highest BCUT2D eigenvalue weighted by Crippen LogP contribution is 1.97. The molecule has 0 fully saturated rings. The topological polar surface area (TPSA) is 30.2 Å². The van der Waals surface area contributed by atoms with Crippen LogP contribution in [0.15, 0.2) is 17.4 Å². The van der Waals surface area contributed by atoms with Gasteiger partial charge in [0.05, 0.1) is 6.20 Å². The Bertz CT molecular complexity index is 247. The zero-order valence-corrected chi connectivity index (χ0v) is 6.50. The fourth-order valence-corrected chi connectivity index (χ4v) is 0.737. The summed E-state index contributed by atoms with van der Waals surface area (Å²) in [5.41, 5.74) is 2.11. The van der Waals surface area contributed by atoms with E-state index in [9.17, 15) is 0 Å². The van der Waals surface area contributed by atoms with Crippen molar-refractivity contribution in [3.05, 3.63) is 18.0 Å². The molecule has 0 aliphatic heterocycles. The van der Waals surface area contributed by atoms with Crippen molar-refractivity contribution >= 4 is 5.71 Å². The lowest BCUT2D eigenvalue weighted by Crippen LogP contribution is -1.91. The second-order valence-corrected chi connectivity index (χ2v) is 2.21. The first-order chi connectivity index (χ1) is 4.74. The van der Waals surface area contributed by atoms with Gasteiger partial charge in [0, 0.05) is 31.6 Å². The Morgan fingerprint density at radius 1 is 1.70 bits per heavy atom. The van der Waals surface area contributed by atoms with Crippen molar-refractivity contribution in [2.75, 3.05) is 7.05 Å². The van der Waals surface area contributed by atoms with Crippen molar-refractivity contribution < 1.29 is 0 Å². The third-order valence-electron chi connectivity index (χ3n) is 1.46. The Balaban J connectivity index is 2.95. The summed E-state index contributed by atoms with van der Waals surface area (Å²) in [5, 5.41) is 4.02. The Morgan fingerprint density at radius 3 is 2.80 bits per heavy atom. The minimum absolute atomic E-state index is 1.02. The first-order valence-corrected chi connectivity index (χ1v) is 3.16. The lowest BCUT2D eigenvalue weighted by atomic mass is 10.2. The second-order valence-electron chi connectivity index (χ2n) is 2.21. The largest absolute Gasteiger partial charge is 0.293 e. The van der Waals surface area contributed by atoms with Crippen molar-refractivity contribution in [2.24, 2.45) is 12.0 Å². The van der Waals surface area contributed by atoms with Gasteiger partial charge < -0.3 is 0 Å². The van der Waals surface area contributed by atoms with Gasteiger partial charge in [-0.2, -0.15) is 5.10 Å². The molecule has 0 saturated heterocycles. The molecular weight excluding hydrogens is 126 g/mol. The van der Waals surface area contributed by atoms with Crippen LogP contribution >= 0.6 is 0 Å². The standard InChI is InChI=1S/C7H11N3/c1-6(8-2)7-4-9-10(3)5-7/h4-5H,1-3H3. The SMILES string of the molecule is CN=C(C)c1cnn(C)c1. The summed E-state index contributed by atoms with van der Waals surface area (Å²) in [7, 11) is 3.68. The van der Waals surface area contributed by atoms with Gasteiger partial charge in [-0.25, -0.2) is 0 Å². The van der Waals surface area contributed by atoms with Crippen molar-refractivity contribution in [1.82, 2.24) is 9.78 Å². The van der Waals surface area contributed by atoms with Crippen LogP contribution in [0.3, 0.4) is 0 Å². The van der Waals surface area contributed by atoms with Gasteiger partial charge in [-0.1, -0.05) is 0 Å².